The van der Waals surface area contributed by atoms with E-state index in [1.807, 2.05) is 53.4 Å². The van der Waals surface area contributed by atoms with E-state index in [1.165, 1.54) is 11.8 Å². The Bertz CT molecular complexity index is 1080. The van der Waals surface area contributed by atoms with Crippen LogP contribution in [0.4, 0.5) is 5.82 Å². The Hall–Kier alpha value is -3.13. The molecule has 1 amide bonds. The van der Waals surface area contributed by atoms with Gasteiger partial charge in [0.25, 0.3) is 5.56 Å². The number of hydrogen-bond donors (Lipinski definition) is 1. The summed E-state index contributed by atoms with van der Waals surface area (Å²) in [5, 5.41) is 0.575. The van der Waals surface area contributed by atoms with Gasteiger partial charge < -0.3 is 14.8 Å². The van der Waals surface area contributed by atoms with E-state index in [0.717, 1.165) is 30.2 Å². The third-order valence-electron chi connectivity index (χ3n) is 5.35. The first-order chi connectivity index (χ1) is 15.1. The van der Waals surface area contributed by atoms with Crippen molar-refractivity contribution in [2.24, 2.45) is 0 Å². The molecule has 3 heterocycles. The van der Waals surface area contributed by atoms with Crippen LogP contribution in [0.2, 0.25) is 0 Å². The molecule has 0 aliphatic carbocycles. The number of benzene rings is 1. The molecule has 160 valence electrons. The second kappa shape index (κ2) is 9.78. The number of nitrogens with one attached hydrogen (secondary N) is 1. The van der Waals surface area contributed by atoms with Crippen molar-refractivity contribution in [2.45, 2.75) is 24.3 Å². The highest BCUT2D eigenvalue weighted by Crippen LogP contribution is 2.19. The summed E-state index contributed by atoms with van der Waals surface area (Å²) in [5.41, 5.74) is 1.99. The zero-order chi connectivity index (χ0) is 21.6. The summed E-state index contributed by atoms with van der Waals surface area (Å²) in [4.78, 5) is 41.2. The standard InChI is InChI=1S/C23H25N5O2S/c1-17-19(22(30)26-23(25-17)31-16-18-7-3-2-4-8-18)15-21(29)28-13-11-27(12-14-28)20-9-5-6-10-24-20/h2-10H,11-16H2,1H3,(H,25,26,30). The SMILES string of the molecule is Cc1nc(SCc2ccccc2)[nH]c(=O)c1CC(=O)N1CCN(c2ccccn2)CC1. The Balaban J connectivity index is 1.35. The Kier molecular flexibility index (Phi) is 6.66. The minimum absolute atomic E-state index is 0.0410. The molecule has 0 unspecified atom stereocenters. The predicted molar refractivity (Wildman–Crippen MR) is 122 cm³/mol. The van der Waals surface area contributed by atoms with Crippen molar-refractivity contribution >= 4 is 23.5 Å². The molecule has 1 N–H and O–H groups in total. The summed E-state index contributed by atoms with van der Waals surface area (Å²) < 4.78 is 0. The Morgan fingerprint density at radius 1 is 1.06 bits per heavy atom. The monoisotopic (exact) mass is 435 g/mol. The molecule has 4 rings (SSSR count). The molecule has 1 aliphatic heterocycles. The summed E-state index contributed by atoms with van der Waals surface area (Å²) in [7, 11) is 0. The fraction of sp³-hybridized carbons (Fsp3) is 0.304. The average Bonchev–Trinajstić information content (AvgIpc) is 2.81. The summed E-state index contributed by atoms with van der Waals surface area (Å²) in [6, 6.07) is 15.9. The van der Waals surface area contributed by atoms with Crippen LogP contribution in [0.1, 0.15) is 16.8 Å². The fourth-order valence-electron chi connectivity index (χ4n) is 3.58. The maximum atomic E-state index is 12.8. The zero-order valence-electron chi connectivity index (χ0n) is 17.5. The van der Waals surface area contributed by atoms with Crippen molar-refractivity contribution in [3.8, 4) is 0 Å². The number of H-pyrrole nitrogens is 1. The van der Waals surface area contributed by atoms with Crippen LogP contribution in [-0.2, 0) is 17.0 Å². The number of carbonyl (C=O) groups excluding carboxylic acids is 1. The van der Waals surface area contributed by atoms with Gasteiger partial charge in [-0.05, 0) is 24.6 Å². The van der Waals surface area contributed by atoms with E-state index in [4.69, 9.17) is 0 Å². The van der Waals surface area contributed by atoms with Crippen LogP contribution in [0.3, 0.4) is 0 Å². The minimum atomic E-state index is -0.233. The number of hydrogen-bond acceptors (Lipinski definition) is 6. The molecule has 0 saturated carbocycles. The first kappa shape index (κ1) is 21.1. The van der Waals surface area contributed by atoms with Gasteiger partial charge in [0.05, 0.1) is 6.42 Å². The Morgan fingerprint density at radius 3 is 2.48 bits per heavy atom. The fourth-order valence-corrected chi connectivity index (χ4v) is 4.44. The van der Waals surface area contributed by atoms with E-state index < -0.39 is 0 Å². The zero-order valence-corrected chi connectivity index (χ0v) is 18.3. The number of anilines is 1. The largest absolute Gasteiger partial charge is 0.353 e. The molecular formula is C23H25N5O2S. The maximum Gasteiger partial charge on any atom is 0.255 e. The van der Waals surface area contributed by atoms with Crippen molar-refractivity contribution in [1.29, 1.82) is 0 Å². The minimum Gasteiger partial charge on any atom is -0.353 e. The summed E-state index contributed by atoms with van der Waals surface area (Å²) in [6.07, 6.45) is 1.85. The number of nitrogens with zero attached hydrogens (tertiary/aromatic N) is 4. The van der Waals surface area contributed by atoms with Gasteiger partial charge in [0.1, 0.15) is 5.82 Å². The van der Waals surface area contributed by atoms with Crippen molar-refractivity contribution in [1.82, 2.24) is 19.9 Å². The van der Waals surface area contributed by atoms with Crippen LogP contribution in [0, 0.1) is 6.92 Å². The number of aryl methyl sites for hydroxylation is 1. The van der Waals surface area contributed by atoms with E-state index in [1.54, 1.807) is 13.1 Å². The van der Waals surface area contributed by atoms with Gasteiger partial charge in [0.2, 0.25) is 5.91 Å². The molecule has 3 aromatic rings. The predicted octanol–water partition coefficient (Wildman–Crippen LogP) is 2.66. The number of aromatic amines is 1. The average molecular weight is 436 g/mol. The van der Waals surface area contributed by atoms with E-state index in [2.05, 4.69) is 19.9 Å². The highest BCUT2D eigenvalue weighted by atomic mass is 32.2. The highest BCUT2D eigenvalue weighted by Gasteiger charge is 2.23. The van der Waals surface area contributed by atoms with Gasteiger partial charge in [0.15, 0.2) is 5.16 Å². The number of amides is 1. The Labute approximate surface area is 185 Å². The van der Waals surface area contributed by atoms with Crippen LogP contribution in [0.25, 0.3) is 0 Å². The van der Waals surface area contributed by atoms with Gasteiger partial charge >= 0.3 is 0 Å². The van der Waals surface area contributed by atoms with Crippen LogP contribution >= 0.6 is 11.8 Å². The summed E-state index contributed by atoms with van der Waals surface area (Å²) in [6.45, 7) is 4.48. The molecule has 0 bridgehead atoms. The van der Waals surface area contributed by atoms with Crippen LogP contribution in [-0.4, -0.2) is 51.9 Å². The molecule has 2 aromatic heterocycles. The molecule has 0 atom stereocenters. The van der Waals surface area contributed by atoms with Gasteiger partial charge in [-0.1, -0.05) is 48.2 Å². The quantitative estimate of drug-likeness (QED) is 0.474. The van der Waals surface area contributed by atoms with Gasteiger partial charge in [0, 0.05) is 49.4 Å². The number of thioether (sulfide) groups is 1. The summed E-state index contributed by atoms with van der Waals surface area (Å²) in [5.74, 6) is 1.61. The topological polar surface area (TPSA) is 82.2 Å². The first-order valence-corrected chi connectivity index (χ1v) is 11.3. The first-order valence-electron chi connectivity index (χ1n) is 10.3. The molecule has 0 spiro atoms. The molecule has 31 heavy (non-hydrogen) atoms. The van der Waals surface area contributed by atoms with Crippen molar-refractivity contribution in [2.75, 3.05) is 31.1 Å². The van der Waals surface area contributed by atoms with Gasteiger partial charge in [-0.25, -0.2) is 9.97 Å². The lowest BCUT2D eigenvalue weighted by Crippen LogP contribution is -2.49. The van der Waals surface area contributed by atoms with Crippen molar-refractivity contribution in [3.05, 3.63) is 81.9 Å². The van der Waals surface area contributed by atoms with E-state index in [-0.39, 0.29) is 17.9 Å². The van der Waals surface area contributed by atoms with Gasteiger partial charge in [-0.3, -0.25) is 9.59 Å². The summed E-state index contributed by atoms with van der Waals surface area (Å²) >= 11 is 1.48. The number of piperazine rings is 1. The lowest BCUT2D eigenvalue weighted by Gasteiger charge is -2.35. The molecular weight excluding hydrogens is 410 g/mol. The molecule has 1 aromatic carbocycles. The van der Waals surface area contributed by atoms with E-state index in [9.17, 15) is 9.59 Å². The molecule has 1 fully saturated rings. The highest BCUT2D eigenvalue weighted by molar-refractivity contribution is 7.98. The van der Waals surface area contributed by atoms with Crippen molar-refractivity contribution < 1.29 is 4.79 Å². The number of aromatic nitrogens is 3. The normalized spacial score (nSPS) is 14.0. The maximum absolute atomic E-state index is 12.8. The molecule has 8 heteroatoms. The second-order valence-corrected chi connectivity index (χ2v) is 8.41. The molecule has 1 saturated heterocycles. The number of rotatable bonds is 6. The number of carbonyl (C=O) groups is 1. The number of pyridine rings is 1. The molecule has 1 aliphatic rings. The van der Waals surface area contributed by atoms with Crippen LogP contribution < -0.4 is 10.5 Å². The van der Waals surface area contributed by atoms with E-state index in [0.29, 0.717) is 29.5 Å². The lowest BCUT2D eigenvalue weighted by molar-refractivity contribution is -0.130. The lowest BCUT2D eigenvalue weighted by atomic mass is 10.1. The third-order valence-corrected chi connectivity index (χ3v) is 6.30. The molecule has 0 radical (unpaired) electrons. The molecule has 7 nitrogen and oxygen atoms in total. The van der Waals surface area contributed by atoms with Gasteiger partial charge in [-0.15, -0.1) is 0 Å². The third kappa shape index (κ3) is 5.32. The van der Waals surface area contributed by atoms with Crippen LogP contribution in [0.15, 0.2) is 64.7 Å². The Morgan fingerprint density at radius 2 is 1.81 bits per heavy atom. The van der Waals surface area contributed by atoms with Gasteiger partial charge in [-0.2, -0.15) is 0 Å². The van der Waals surface area contributed by atoms with Crippen LogP contribution in [0.5, 0.6) is 0 Å². The van der Waals surface area contributed by atoms with Crippen molar-refractivity contribution in [3.63, 3.8) is 0 Å². The van der Waals surface area contributed by atoms with E-state index >= 15 is 0 Å². The second-order valence-electron chi connectivity index (χ2n) is 7.44. The smallest absolute Gasteiger partial charge is 0.255 e.